The molecule has 0 fully saturated rings. The van der Waals surface area contributed by atoms with Crippen molar-refractivity contribution < 1.29 is 4.79 Å². The van der Waals surface area contributed by atoms with Crippen molar-refractivity contribution in [1.29, 1.82) is 0 Å². The molecule has 1 aromatic rings. The molecule has 0 spiro atoms. The zero-order valence-electron chi connectivity index (χ0n) is 11.1. The minimum atomic E-state index is 0.0126. The number of amides is 1. The zero-order valence-corrected chi connectivity index (χ0v) is 11.1. The molecule has 0 unspecified atom stereocenters. The number of pyridine rings is 1. The molecule has 0 aromatic carbocycles. The van der Waals surface area contributed by atoms with Crippen LogP contribution < -0.4 is 5.32 Å². The number of rotatable bonds is 5. The number of aryl methyl sites for hydroxylation is 1. The van der Waals surface area contributed by atoms with Crippen molar-refractivity contribution >= 4 is 11.6 Å². The smallest absolute Gasteiger partial charge is 0.257 e. The number of aromatic nitrogens is 1. The second kappa shape index (κ2) is 6.23. The SMILES string of the molecule is CCCNc1cc(C)ncc1C(=O)N(C)CC. The van der Waals surface area contributed by atoms with Crippen LogP contribution in [0.5, 0.6) is 0 Å². The van der Waals surface area contributed by atoms with Gasteiger partial charge in [-0.05, 0) is 26.3 Å². The Kier molecular flexibility index (Phi) is 4.94. The van der Waals surface area contributed by atoms with Crippen molar-refractivity contribution in [3.63, 3.8) is 0 Å². The maximum absolute atomic E-state index is 12.1. The van der Waals surface area contributed by atoms with Crippen molar-refractivity contribution in [3.05, 3.63) is 23.5 Å². The van der Waals surface area contributed by atoms with Crippen molar-refractivity contribution in [1.82, 2.24) is 9.88 Å². The van der Waals surface area contributed by atoms with Crippen LogP contribution in [0.1, 0.15) is 36.3 Å². The summed E-state index contributed by atoms with van der Waals surface area (Å²) in [6.45, 7) is 7.54. The molecule has 0 aliphatic carbocycles. The normalized spacial score (nSPS) is 10.1. The average molecular weight is 235 g/mol. The second-order valence-corrected chi connectivity index (χ2v) is 4.12. The van der Waals surface area contributed by atoms with Gasteiger partial charge in [-0.15, -0.1) is 0 Å². The van der Waals surface area contributed by atoms with Gasteiger partial charge in [-0.25, -0.2) is 0 Å². The molecule has 1 amide bonds. The Hall–Kier alpha value is -1.58. The fourth-order valence-electron chi connectivity index (χ4n) is 1.49. The van der Waals surface area contributed by atoms with Crippen LogP contribution in [0.25, 0.3) is 0 Å². The summed E-state index contributed by atoms with van der Waals surface area (Å²) in [5, 5.41) is 3.28. The predicted molar refractivity (Wildman–Crippen MR) is 70.4 cm³/mol. The van der Waals surface area contributed by atoms with Crippen molar-refractivity contribution in [2.45, 2.75) is 27.2 Å². The highest BCUT2D eigenvalue weighted by molar-refractivity contribution is 5.99. The van der Waals surface area contributed by atoms with Gasteiger partial charge in [-0.2, -0.15) is 0 Å². The van der Waals surface area contributed by atoms with Crippen molar-refractivity contribution in [2.75, 3.05) is 25.5 Å². The number of anilines is 1. The van der Waals surface area contributed by atoms with E-state index in [0.29, 0.717) is 12.1 Å². The van der Waals surface area contributed by atoms with Gasteiger partial charge < -0.3 is 10.2 Å². The van der Waals surface area contributed by atoms with Gasteiger partial charge in [-0.3, -0.25) is 9.78 Å². The summed E-state index contributed by atoms with van der Waals surface area (Å²) in [6, 6.07) is 1.92. The van der Waals surface area contributed by atoms with Crippen molar-refractivity contribution in [2.24, 2.45) is 0 Å². The predicted octanol–water partition coefficient (Wildman–Crippen LogP) is 2.30. The molecule has 0 atom stereocenters. The van der Waals surface area contributed by atoms with E-state index in [0.717, 1.165) is 24.3 Å². The van der Waals surface area contributed by atoms with E-state index in [2.05, 4.69) is 17.2 Å². The lowest BCUT2D eigenvalue weighted by Gasteiger charge is -2.17. The fraction of sp³-hybridized carbons (Fsp3) is 0.538. The van der Waals surface area contributed by atoms with Gasteiger partial charge in [0.25, 0.3) is 5.91 Å². The molecule has 0 aliphatic heterocycles. The summed E-state index contributed by atoms with van der Waals surface area (Å²) in [5.74, 6) is 0.0126. The minimum absolute atomic E-state index is 0.0126. The summed E-state index contributed by atoms with van der Waals surface area (Å²) in [4.78, 5) is 18.0. The molecular weight excluding hydrogens is 214 g/mol. The van der Waals surface area contributed by atoms with E-state index in [1.54, 1.807) is 18.1 Å². The summed E-state index contributed by atoms with van der Waals surface area (Å²) in [5.41, 5.74) is 2.44. The summed E-state index contributed by atoms with van der Waals surface area (Å²) in [6.07, 6.45) is 2.68. The van der Waals surface area contributed by atoms with Crippen LogP contribution in [-0.4, -0.2) is 35.9 Å². The Bertz CT molecular complexity index is 390. The molecule has 17 heavy (non-hydrogen) atoms. The molecule has 0 saturated heterocycles. The summed E-state index contributed by atoms with van der Waals surface area (Å²) in [7, 11) is 1.80. The van der Waals surface area contributed by atoms with E-state index < -0.39 is 0 Å². The quantitative estimate of drug-likeness (QED) is 0.851. The zero-order chi connectivity index (χ0) is 12.8. The molecule has 4 nitrogen and oxygen atoms in total. The summed E-state index contributed by atoms with van der Waals surface area (Å²) < 4.78 is 0. The Balaban J connectivity index is 3.00. The molecular formula is C13H21N3O. The number of hydrogen-bond acceptors (Lipinski definition) is 3. The first-order valence-corrected chi connectivity index (χ1v) is 6.06. The topological polar surface area (TPSA) is 45.2 Å². The lowest BCUT2D eigenvalue weighted by molar-refractivity contribution is 0.0803. The van der Waals surface area contributed by atoms with Gasteiger partial charge in [-0.1, -0.05) is 6.92 Å². The van der Waals surface area contributed by atoms with Crippen LogP contribution in [0.2, 0.25) is 0 Å². The molecule has 1 aromatic heterocycles. The molecule has 0 bridgehead atoms. The highest BCUT2D eigenvalue weighted by Crippen LogP contribution is 2.17. The molecule has 1 rings (SSSR count). The number of nitrogens with one attached hydrogen (secondary N) is 1. The minimum Gasteiger partial charge on any atom is -0.384 e. The Morgan fingerprint density at radius 3 is 2.76 bits per heavy atom. The number of hydrogen-bond donors (Lipinski definition) is 1. The lowest BCUT2D eigenvalue weighted by Crippen LogP contribution is -2.27. The molecule has 94 valence electrons. The van der Waals surface area contributed by atoms with E-state index in [-0.39, 0.29) is 5.91 Å². The standard InChI is InChI=1S/C13H21N3O/c1-5-7-14-12-8-10(3)15-9-11(12)13(17)16(4)6-2/h8-9H,5-7H2,1-4H3,(H,14,15). The Labute approximate surface area is 103 Å². The van der Waals surface area contributed by atoms with E-state index >= 15 is 0 Å². The molecule has 4 heteroatoms. The van der Waals surface area contributed by atoms with Gasteiger partial charge in [0.2, 0.25) is 0 Å². The third-order valence-corrected chi connectivity index (χ3v) is 2.66. The molecule has 0 saturated carbocycles. The first-order chi connectivity index (χ1) is 8.10. The maximum atomic E-state index is 12.1. The summed E-state index contributed by atoms with van der Waals surface area (Å²) >= 11 is 0. The van der Waals surface area contributed by atoms with Crippen LogP contribution in [0.4, 0.5) is 5.69 Å². The Morgan fingerprint density at radius 2 is 2.18 bits per heavy atom. The van der Waals surface area contributed by atoms with E-state index in [1.807, 2.05) is 19.9 Å². The van der Waals surface area contributed by atoms with Gasteiger partial charge >= 0.3 is 0 Å². The number of carbonyl (C=O) groups excluding carboxylic acids is 1. The highest BCUT2D eigenvalue weighted by atomic mass is 16.2. The van der Waals surface area contributed by atoms with Crippen molar-refractivity contribution in [3.8, 4) is 0 Å². The lowest BCUT2D eigenvalue weighted by atomic mass is 10.2. The van der Waals surface area contributed by atoms with Crippen LogP contribution in [-0.2, 0) is 0 Å². The third-order valence-electron chi connectivity index (χ3n) is 2.66. The van der Waals surface area contributed by atoms with Gasteiger partial charge in [0.1, 0.15) is 0 Å². The van der Waals surface area contributed by atoms with E-state index in [4.69, 9.17) is 0 Å². The number of nitrogens with zero attached hydrogens (tertiary/aromatic N) is 2. The molecule has 1 heterocycles. The largest absolute Gasteiger partial charge is 0.384 e. The Morgan fingerprint density at radius 1 is 1.47 bits per heavy atom. The van der Waals surface area contributed by atoms with Crippen LogP contribution >= 0.6 is 0 Å². The number of carbonyl (C=O) groups is 1. The van der Waals surface area contributed by atoms with E-state index in [1.165, 1.54) is 0 Å². The van der Waals surface area contributed by atoms with Gasteiger partial charge in [0.05, 0.1) is 11.3 Å². The first-order valence-electron chi connectivity index (χ1n) is 6.06. The molecule has 0 radical (unpaired) electrons. The first kappa shape index (κ1) is 13.5. The fourth-order valence-corrected chi connectivity index (χ4v) is 1.49. The van der Waals surface area contributed by atoms with Gasteiger partial charge in [0, 0.05) is 32.0 Å². The molecule has 0 aliphatic rings. The van der Waals surface area contributed by atoms with Crippen LogP contribution in [0.3, 0.4) is 0 Å². The third kappa shape index (κ3) is 3.44. The van der Waals surface area contributed by atoms with Crippen LogP contribution in [0, 0.1) is 6.92 Å². The highest BCUT2D eigenvalue weighted by Gasteiger charge is 2.15. The maximum Gasteiger partial charge on any atom is 0.257 e. The van der Waals surface area contributed by atoms with Crippen LogP contribution in [0.15, 0.2) is 12.3 Å². The monoisotopic (exact) mass is 235 g/mol. The molecule has 1 N–H and O–H groups in total. The second-order valence-electron chi connectivity index (χ2n) is 4.12. The van der Waals surface area contributed by atoms with E-state index in [9.17, 15) is 4.79 Å². The average Bonchev–Trinajstić information content (AvgIpc) is 2.34. The van der Waals surface area contributed by atoms with Gasteiger partial charge in [0.15, 0.2) is 0 Å².